The second-order valence-corrected chi connectivity index (χ2v) is 4.67. The Morgan fingerprint density at radius 1 is 1.60 bits per heavy atom. The number of nitrogens with one attached hydrogen (secondary N) is 1. The number of hydrogen-bond acceptors (Lipinski definition) is 4. The summed E-state index contributed by atoms with van der Waals surface area (Å²) >= 11 is -2.49. The molecule has 62 valence electrons. The Morgan fingerprint density at radius 2 is 2.10 bits per heavy atom. The van der Waals surface area contributed by atoms with Crippen LogP contribution in [0.5, 0.6) is 0 Å². The molecule has 0 aromatic rings. The highest BCUT2D eigenvalue weighted by molar-refractivity contribution is 7.92. The predicted octanol–water partition coefficient (Wildman–Crippen LogP) is -1.24. The maximum Gasteiger partial charge on any atom is 0.163 e. The minimum atomic E-state index is -3.22. The Morgan fingerprint density at radius 3 is 2.40 bits per heavy atom. The van der Waals surface area contributed by atoms with E-state index in [4.69, 9.17) is 0 Å². The second-order valence-electron chi connectivity index (χ2n) is 1.56. The van der Waals surface area contributed by atoms with E-state index >= 15 is 0 Å². The van der Waals surface area contributed by atoms with Crippen LogP contribution in [0.3, 0.4) is 0 Å². The van der Waals surface area contributed by atoms with E-state index in [1.807, 2.05) is 0 Å². The average molecular weight is 186 g/mol. The van der Waals surface area contributed by atoms with E-state index < -0.39 is 27.0 Å². The van der Waals surface area contributed by atoms with Crippen molar-refractivity contribution in [3.8, 4) is 0 Å². The smallest absolute Gasteiger partial charge is 0.163 e. The molecule has 5 nitrogen and oxygen atoms in total. The van der Waals surface area contributed by atoms with Gasteiger partial charge < -0.3 is 4.55 Å². The predicted molar refractivity (Wildman–Crippen MR) is 36.4 cm³/mol. The minimum absolute atomic E-state index is 0.0583. The van der Waals surface area contributed by atoms with E-state index in [1.165, 1.54) is 6.92 Å². The molecule has 0 aliphatic carbocycles. The van der Waals surface area contributed by atoms with Crippen LogP contribution in [0.15, 0.2) is 0 Å². The van der Waals surface area contributed by atoms with E-state index in [9.17, 15) is 17.2 Å². The summed E-state index contributed by atoms with van der Waals surface area (Å²) in [6.07, 6.45) is 0. The fraction of sp³-hybridized carbons (Fsp3) is 1.00. The van der Waals surface area contributed by atoms with Crippen LogP contribution in [0.2, 0.25) is 0 Å². The van der Waals surface area contributed by atoms with Gasteiger partial charge >= 0.3 is 0 Å². The number of hydrogen-bond donors (Lipinski definition) is 1. The zero-order chi connectivity index (χ0) is 8.20. The van der Waals surface area contributed by atoms with Crippen LogP contribution >= 0.6 is 0 Å². The molecule has 1 atom stereocenters. The van der Waals surface area contributed by atoms with Crippen LogP contribution in [0, 0.1) is 0 Å². The Hall–Kier alpha value is 0.0200. The van der Waals surface area contributed by atoms with Gasteiger partial charge in [-0.2, -0.15) is 0 Å². The lowest BCUT2D eigenvalue weighted by Crippen LogP contribution is -2.25. The summed E-state index contributed by atoms with van der Waals surface area (Å²) in [5.41, 5.74) is 0. The summed E-state index contributed by atoms with van der Waals surface area (Å²) < 4.78 is 42.5. The summed E-state index contributed by atoms with van der Waals surface area (Å²) in [7, 11) is -3.22. The SMILES string of the molecule is CCS(=O)(=O)CNS(=O)[O-]. The van der Waals surface area contributed by atoms with Gasteiger partial charge in [0, 0.05) is 17.0 Å². The van der Waals surface area contributed by atoms with Gasteiger partial charge in [-0.25, -0.2) is 13.1 Å². The van der Waals surface area contributed by atoms with E-state index in [0.29, 0.717) is 0 Å². The first-order valence-electron chi connectivity index (χ1n) is 2.51. The summed E-state index contributed by atoms with van der Waals surface area (Å²) in [4.78, 5) is 0. The maximum atomic E-state index is 10.6. The minimum Gasteiger partial charge on any atom is -0.760 e. The molecule has 0 aliphatic rings. The van der Waals surface area contributed by atoms with Crippen LogP contribution in [-0.4, -0.2) is 28.8 Å². The van der Waals surface area contributed by atoms with Crippen LogP contribution in [-0.2, 0) is 21.1 Å². The van der Waals surface area contributed by atoms with Crippen molar-refractivity contribution < 1.29 is 17.2 Å². The van der Waals surface area contributed by atoms with Crippen LogP contribution in [0.4, 0.5) is 0 Å². The molecule has 0 heterocycles. The van der Waals surface area contributed by atoms with Crippen molar-refractivity contribution in [1.29, 1.82) is 0 Å². The van der Waals surface area contributed by atoms with E-state index in [2.05, 4.69) is 0 Å². The number of sulfone groups is 1. The Labute approximate surface area is 62.2 Å². The van der Waals surface area contributed by atoms with Crippen molar-refractivity contribution in [3.05, 3.63) is 0 Å². The van der Waals surface area contributed by atoms with Crippen molar-refractivity contribution in [3.63, 3.8) is 0 Å². The van der Waals surface area contributed by atoms with Crippen LogP contribution in [0.1, 0.15) is 6.92 Å². The fourth-order valence-corrected chi connectivity index (χ4v) is 1.55. The summed E-state index contributed by atoms with van der Waals surface area (Å²) in [5, 5.41) is 0. The Bertz CT molecular complexity index is 209. The van der Waals surface area contributed by atoms with E-state index in [0.717, 1.165) is 0 Å². The maximum absolute atomic E-state index is 10.6. The van der Waals surface area contributed by atoms with Gasteiger partial charge in [0.1, 0.15) is 5.88 Å². The molecule has 7 heteroatoms. The first-order valence-corrected chi connectivity index (χ1v) is 5.41. The quantitative estimate of drug-likeness (QED) is 0.556. The molecule has 1 unspecified atom stereocenters. The molecule has 0 fully saturated rings. The molecule has 0 bridgehead atoms. The zero-order valence-electron chi connectivity index (χ0n) is 5.36. The van der Waals surface area contributed by atoms with Crippen molar-refractivity contribution in [1.82, 2.24) is 4.72 Å². The van der Waals surface area contributed by atoms with Gasteiger partial charge in [0.05, 0.1) is 0 Å². The highest BCUT2D eigenvalue weighted by atomic mass is 32.2. The summed E-state index contributed by atoms with van der Waals surface area (Å²) in [6, 6.07) is 0. The van der Waals surface area contributed by atoms with Crippen molar-refractivity contribution in [2.45, 2.75) is 6.92 Å². The third-order valence-corrected chi connectivity index (χ3v) is 2.86. The monoisotopic (exact) mass is 186 g/mol. The topological polar surface area (TPSA) is 86.3 Å². The molecular weight excluding hydrogens is 178 g/mol. The third-order valence-electron chi connectivity index (χ3n) is 0.837. The highest BCUT2D eigenvalue weighted by Crippen LogP contribution is 1.84. The molecule has 0 radical (unpaired) electrons. The molecule has 0 aromatic heterocycles. The lowest BCUT2D eigenvalue weighted by Gasteiger charge is -2.05. The average Bonchev–Trinajstić information content (AvgIpc) is 1.85. The second kappa shape index (κ2) is 4.02. The molecule has 10 heavy (non-hydrogen) atoms. The van der Waals surface area contributed by atoms with E-state index in [-0.39, 0.29) is 5.75 Å². The lowest BCUT2D eigenvalue weighted by atomic mass is 11.0. The Kier molecular flexibility index (Phi) is 4.02. The molecule has 1 N–H and O–H groups in total. The van der Waals surface area contributed by atoms with E-state index in [1.54, 1.807) is 4.72 Å². The first-order chi connectivity index (χ1) is 4.48. The van der Waals surface area contributed by atoms with Gasteiger partial charge in [0.2, 0.25) is 0 Å². The van der Waals surface area contributed by atoms with Gasteiger partial charge in [-0.15, -0.1) is 0 Å². The molecule has 0 spiro atoms. The zero-order valence-corrected chi connectivity index (χ0v) is 7.00. The molecule has 0 saturated heterocycles. The standard InChI is InChI=1S/C3H9NO4S2/c1-2-10(7,8)3-4-9(5)6/h4H,2-3H2,1H3,(H,5,6)/p-1. The van der Waals surface area contributed by atoms with Crippen molar-refractivity contribution in [2.24, 2.45) is 0 Å². The molecular formula is C3H8NO4S2-. The van der Waals surface area contributed by atoms with Crippen molar-refractivity contribution >= 4 is 21.1 Å². The highest BCUT2D eigenvalue weighted by Gasteiger charge is 2.04. The van der Waals surface area contributed by atoms with Gasteiger partial charge in [-0.3, -0.25) is 4.21 Å². The third kappa shape index (κ3) is 4.86. The molecule has 0 aromatic carbocycles. The van der Waals surface area contributed by atoms with Gasteiger partial charge in [0.25, 0.3) is 0 Å². The summed E-state index contributed by atoms with van der Waals surface area (Å²) in [6.45, 7) is 1.45. The fourth-order valence-electron chi connectivity index (χ4n) is 0.240. The molecule has 0 rings (SSSR count). The summed E-state index contributed by atoms with van der Waals surface area (Å²) in [5.74, 6) is -0.573. The number of rotatable bonds is 4. The Balaban J connectivity index is 3.81. The normalized spacial score (nSPS) is 15.0. The van der Waals surface area contributed by atoms with Crippen LogP contribution in [0.25, 0.3) is 0 Å². The van der Waals surface area contributed by atoms with Crippen LogP contribution < -0.4 is 4.72 Å². The van der Waals surface area contributed by atoms with Crippen molar-refractivity contribution in [2.75, 3.05) is 11.6 Å². The first kappa shape index (κ1) is 10.0. The molecule has 0 saturated carbocycles. The van der Waals surface area contributed by atoms with Gasteiger partial charge in [-0.05, 0) is 0 Å². The molecule has 0 amide bonds. The molecule has 0 aliphatic heterocycles. The lowest BCUT2D eigenvalue weighted by molar-refractivity contribution is 0.525. The van der Waals surface area contributed by atoms with Gasteiger partial charge in [0.15, 0.2) is 9.84 Å². The largest absolute Gasteiger partial charge is 0.760 e. The van der Waals surface area contributed by atoms with Gasteiger partial charge in [-0.1, -0.05) is 6.92 Å².